The normalized spacial score (nSPS) is 15.2. The number of nitrogens with one attached hydrogen (secondary N) is 2. The molecule has 3 nitrogen and oxygen atoms in total. The first-order valence-electron chi connectivity index (χ1n) is 5.97. The molecule has 1 atom stereocenters. The molecule has 0 aliphatic carbocycles. The summed E-state index contributed by atoms with van der Waals surface area (Å²) in [5, 5.41) is 3.42. The number of anilines is 1. The summed E-state index contributed by atoms with van der Waals surface area (Å²) >= 11 is 0. The Morgan fingerprint density at radius 3 is 2.10 bits per heavy atom. The smallest absolute Gasteiger partial charge is 0.319 e. The van der Waals surface area contributed by atoms with E-state index in [1.165, 1.54) is 17.4 Å². The van der Waals surface area contributed by atoms with Gasteiger partial charge < -0.3 is 10.6 Å². The molecule has 21 heavy (non-hydrogen) atoms. The van der Waals surface area contributed by atoms with Crippen molar-refractivity contribution in [3.8, 4) is 0 Å². The predicted octanol–water partition coefficient (Wildman–Crippen LogP) is 4.09. The molecule has 0 bridgehead atoms. The monoisotopic (exact) mass is 310 g/mol. The summed E-state index contributed by atoms with van der Waals surface area (Å²) in [7, 11) is 0. The number of aryl methyl sites for hydroxylation is 1. The molecule has 1 aromatic rings. The predicted molar refractivity (Wildman–Crippen MR) is 68.4 cm³/mol. The van der Waals surface area contributed by atoms with Gasteiger partial charge in [0.25, 0.3) is 5.92 Å². The lowest BCUT2D eigenvalue weighted by molar-refractivity contribution is -0.249. The van der Waals surface area contributed by atoms with Crippen molar-refractivity contribution in [1.29, 1.82) is 0 Å². The number of halogens is 5. The van der Waals surface area contributed by atoms with Crippen molar-refractivity contribution in [1.82, 2.24) is 5.32 Å². The fourth-order valence-electron chi connectivity index (χ4n) is 1.54. The van der Waals surface area contributed by atoms with Crippen LogP contribution in [-0.4, -0.2) is 23.7 Å². The lowest BCUT2D eigenvalue weighted by atomic mass is 9.94. The Bertz CT molecular complexity index is 508. The van der Waals surface area contributed by atoms with Gasteiger partial charge in [0.1, 0.15) is 0 Å². The number of rotatable bonds is 3. The average Bonchev–Trinajstić information content (AvgIpc) is 2.25. The highest BCUT2D eigenvalue weighted by Gasteiger charge is 2.65. The van der Waals surface area contributed by atoms with Crippen LogP contribution in [-0.2, 0) is 0 Å². The van der Waals surface area contributed by atoms with E-state index in [2.05, 4.69) is 5.32 Å². The van der Waals surface area contributed by atoms with E-state index >= 15 is 0 Å². The largest absolute Gasteiger partial charge is 0.417 e. The van der Waals surface area contributed by atoms with E-state index in [0.29, 0.717) is 0 Å². The van der Waals surface area contributed by atoms with E-state index in [9.17, 15) is 26.7 Å². The van der Waals surface area contributed by atoms with Crippen LogP contribution in [0.2, 0.25) is 0 Å². The molecule has 0 fully saturated rings. The number of hydrogen-bond acceptors (Lipinski definition) is 1. The Labute approximate surface area is 118 Å². The maximum atomic E-state index is 13.3. The van der Waals surface area contributed by atoms with Crippen molar-refractivity contribution in [3.05, 3.63) is 29.8 Å². The molecule has 0 spiro atoms. The lowest BCUT2D eigenvalue weighted by Gasteiger charge is -2.37. The number of carbonyl (C=O) groups is 1. The SMILES string of the molecule is Cc1cccc(NC(=O)NC(C)(C(C)(F)F)C(F)(F)F)c1. The number of hydrogen-bond donors (Lipinski definition) is 2. The van der Waals surface area contributed by atoms with Crippen molar-refractivity contribution in [3.63, 3.8) is 0 Å². The van der Waals surface area contributed by atoms with Gasteiger partial charge in [-0.1, -0.05) is 12.1 Å². The summed E-state index contributed by atoms with van der Waals surface area (Å²) < 4.78 is 65.1. The molecule has 1 aromatic carbocycles. The summed E-state index contributed by atoms with van der Waals surface area (Å²) in [6.07, 6.45) is -5.31. The molecule has 2 N–H and O–H groups in total. The number of benzene rings is 1. The van der Waals surface area contributed by atoms with Gasteiger partial charge >= 0.3 is 12.2 Å². The molecule has 118 valence electrons. The minimum Gasteiger partial charge on any atom is -0.319 e. The Hall–Kier alpha value is -1.86. The Kier molecular flexibility index (Phi) is 4.50. The molecule has 0 aliphatic rings. The van der Waals surface area contributed by atoms with Gasteiger partial charge in [-0.25, -0.2) is 13.6 Å². The molecule has 0 aliphatic heterocycles. The summed E-state index contributed by atoms with van der Waals surface area (Å²) in [6, 6.07) is 4.85. The number of urea groups is 1. The van der Waals surface area contributed by atoms with Crippen LogP contribution < -0.4 is 10.6 Å². The van der Waals surface area contributed by atoms with E-state index in [-0.39, 0.29) is 19.5 Å². The van der Waals surface area contributed by atoms with Crippen LogP contribution in [0.5, 0.6) is 0 Å². The van der Waals surface area contributed by atoms with Crippen molar-refractivity contribution >= 4 is 11.7 Å². The third-order valence-corrected chi connectivity index (χ3v) is 3.08. The molecule has 0 saturated carbocycles. The summed E-state index contributed by atoms with van der Waals surface area (Å²) in [6.45, 7) is 2.05. The molecule has 2 amide bonds. The first kappa shape index (κ1) is 17.2. The third kappa shape index (κ3) is 3.83. The minimum atomic E-state index is -5.31. The van der Waals surface area contributed by atoms with E-state index < -0.39 is 23.7 Å². The quantitative estimate of drug-likeness (QED) is 0.811. The maximum Gasteiger partial charge on any atom is 0.417 e. The summed E-state index contributed by atoms with van der Waals surface area (Å²) in [5.41, 5.74) is -2.71. The topological polar surface area (TPSA) is 41.1 Å². The fraction of sp³-hybridized carbons (Fsp3) is 0.462. The molecular formula is C13H15F5N2O. The average molecular weight is 310 g/mol. The van der Waals surface area contributed by atoms with Crippen LogP contribution in [0.1, 0.15) is 19.4 Å². The van der Waals surface area contributed by atoms with Gasteiger partial charge in [0.05, 0.1) is 0 Å². The van der Waals surface area contributed by atoms with Crippen LogP contribution in [0.4, 0.5) is 32.4 Å². The first-order valence-corrected chi connectivity index (χ1v) is 5.97. The van der Waals surface area contributed by atoms with Gasteiger partial charge in [0.2, 0.25) is 0 Å². The Morgan fingerprint density at radius 2 is 1.67 bits per heavy atom. The fourth-order valence-corrected chi connectivity index (χ4v) is 1.54. The molecule has 0 heterocycles. The molecule has 0 radical (unpaired) electrons. The van der Waals surface area contributed by atoms with E-state index in [1.54, 1.807) is 19.1 Å². The second-order valence-electron chi connectivity index (χ2n) is 4.96. The molecule has 1 unspecified atom stereocenters. The molecule has 0 aromatic heterocycles. The van der Waals surface area contributed by atoms with Crippen molar-refractivity contribution in [2.45, 2.75) is 38.4 Å². The second-order valence-corrected chi connectivity index (χ2v) is 4.96. The molecular weight excluding hydrogens is 295 g/mol. The second kappa shape index (κ2) is 5.50. The van der Waals surface area contributed by atoms with Crippen LogP contribution in [0.3, 0.4) is 0 Å². The third-order valence-electron chi connectivity index (χ3n) is 3.08. The first-order chi connectivity index (χ1) is 9.37. The van der Waals surface area contributed by atoms with Crippen molar-refractivity contribution in [2.75, 3.05) is 5.32 Å². The number of alkyl halides is 5. The Balaban J connectivity index is 2.93. The van der Waals surface area contributed by atoms with E-state index in [0.717, 1.165) is 5.56 Å². The highest BCUT2D eigenvalue weighted by molar-refractivity contribution is 5.90. The van der Waals surface area contributed by atoms with E-state index in [1.807, 2.05) is 0 Å². The van der Waals surface area contributed by atoms with Gasteiger partial charge in [-0.15, -0.1) is 0 Å². The van der Waals surface area contributed by atoms with Gasteiger partial charge in [-0.05, 0) is 31.5 Å². The van der Waals surface area contributed by atoms with Crippen molar-refractivity contribution in [2.24, 2.45) is 0 Å². The molecule has 1 rings (SSSR count). The zero-order valence-electron chi connectivity index (χ0n) is 11.6. The highest BCUT2D eigenvalue weighted by atomic mass is 19.4. The van der Waals surface area contributed by atoms with Crippen LogP contribution in [0.25, 0.3) is 0 Å². The van der Waals surface area contributed by atoms with E-state index in [4.69, 9.17) is 0 Å². The van der Waals surface area contributed by atoms with Crippen molar-refractivity contribution < 1.29 is 26.7 Å². The minimum absolute atomic E-state index is 0.105. The molecule has 0 saturated heterocycles. The molecule has 8 heteroatoms. The number of amides is 2. The maximum absolute atomic E-state index is 13.3. The van der Waals surface area contributed by atoms with Gasteiger partial charge in [0.15, 0.2) is 5.54 Å². The highest BCUT2D eigenvalue weighted by Crippen LogP contribution is 2.41. The van der Waals surface area contributed by atoms with Gasteiger partial charge in [-0.3, -0.25) is 0 Å². The lowest BCUT2D eigenvalue weighted by Crippen LogP contribution is -2.66. The Morgan fingerprint density at radius 1 is 1.10 bits per heavy atom. The summed E-state index contributed by atoms with van der Waals surface area (Å²) in [4.78, 5) is 11.6. The summed E-state index contributed by atoms with van der Waals surface area (Å²) in [5.74, 6) is -4.19. The zero-order chi connectivity index (χ0) is 16.5. The standard InChI is InChI=1S/C13H15F5N2O/c1-8-5-4-6-9(7-8)19-10(21)20-11(2,12(3,14)15)13(16,17)18/h4-7H,1-3H3,(H2,19,20,21). The van der Waals surface area contributed by atoms with Gasteiger partial charge in [-0.2, -0.15) is 13.2 Å². The van der Waals surface area contributed by atoms with Crippen LogP contribution in [0.15, 0.2) is 24.3 Å². The van der Waals surface area contributed by atoms with Gasteiger partial charge in [0, 0.05) is 12.6 Å². The van der Waals surface area contributed by atoms with Crippen LogP contribution in [0, 0.1) is 6.92 Å². The number of carbonyl (C=O) groups excluding carboxylic acids is 1. The van der Waals surface area contributed by atoms with Crippen LogP contribution >= 0.6 is 0 Å². The zero-order valence-corrected chi connectivity index (χ0v) is 11.6.